The van der Waals surface area contributed by atoms with Crippen molar-refractivity contribution in [3.05, 3.63) is 89.4 Å². The lowest BCUT2D eigenvalue weighted by molar-refractivity contribution is 0.415. The van der Waals surface area contributed by atoms with Gasteiger partial charge in [-0.05, 0) is 52.9 Å². The van der Waals surface area contributed by atoms with Crippen molar-refractivity contribution in [2.75, 3.05) is 7.11 Å². The van der Waals surface area contributed by atoms with Gasteiger partial charge in [0.1, 0.15) is 11.5 Å². The number of methoxy groups -OCH3 is 1. The third-order valence-corrected chi connectivity index (χ3v) is 5.42. The molecule has 1 aliphatic rings. The minimum atomic E-state index is 0.877. The van der Waals surface area contributed by atoms with Gasteiger partial charge in [0.05, 0.1) is 13.4 Å². The van der Waals surface area contributed by atoms with Gasteiger partial charge in [-0.15, -0.1) is 0 Å². The number of fused-ring (bicyclic) bond motifs is 2. The Morgan fingerprint density at radius 3 is 2.56 bits per heavy atom. The highest BCUT2D eigenvalue weighted by Crippen LogP contribution is 2.41. The lowest BCUT2D eigenvalue weighted by Gasteiger charge is -2.12. The topological polar surface area (TPSA) is 22.4 Å². The number of benzene rings is 3. The summed E-state index contributed by atoms with van der Waals surface area (Å²) in [5, 5.41) is 2.33. The van der Waals surface area contributed by atoms with Crippen molar-refractivity contribution in [2.45, 2.75) is 13.3 Å². The largest absolute Gasteiger partial charge is 0.497 e. The van der Waals surface area contributed by atoms with E-state index in [0.29, 0.717) is 0 Å². The van der Waals surface area contributed by atoms with Crippen molar-refractivity contribution >= 4 is 22.4 Å². The summed E-state index contributed by atoms with van der Waals surface area (Å²) in [5.74, 6) is 1.86. The van der Waals surface area contributed by atoms with E-state index in [9.17, 15) is 0 Å². The summed E-state index contributed by atoms with van der Waals surface area (Å²) >= 11 is 0. The summed E-state index contributed by atoms with van der Waals surface area (Å²) in [6, 6.07) is 21.1. The third kappa shape index (κ3) is 2.57. The zero-order valence-corrected chi connectivity index (χ0v) is 15.5. The molecule has 1 heterocycles. The minimum absolute atomic E-state index is 0.877. The molecular formula is C25H20O2. The molecule has 0 unspecified atom stereocenters. The first kappa shape index (κ1) is 16.0. The molecule has 0 saturated heterocycles. The smallest absolute Gasteiger partial charge is 0.138 e. The Hall–Kier alpha value is -3.26. The first-order valence-corrected chi connectivity index (χ1v) is 9.18. The molecule has 27 heavy (non-hydrogen) atoms. The van der Waals surface area contributed by atoms with Gasteiger partial charge in [0.25, 0.3) is 0 Å². The Balaban J connectivity index is 1.65. The van der Waals surface area contributed by atoms with E-state index in [2.05, 4.69) is 55.5 Å². The second-order valence-corrected chi connectivity index (χ2v) is 7.06. The van der Waals surface area contributed by atoms with E-state index in [4.69, 9.17) is 9.15 Å². The van der Waals surface area contributed by atoms with Crippen molar-refractivity contribution in [1.82, 2.24) is 0 Å². The molecule has 0 N–H and O–H groups in total. The number of rotatable bonds is 3. The summed E-state index contributed by atoms with van der Waals surface area (Å²) < 4.78 is 11.3. The van der Waals surface area contributed by atoms with Crippen LogP contribution in [0.25, 0.3) is 33.5 Å². The van der Waals surface area contributed by atoms with E-state index < -0.39 is 0 Å². The standard InChI is InChI=1S/C25H20O2/c1-16-7-8-18-13-20(25-22-6-4-3-5-19(22)15-27-25)14-23(18)24(16)17-9-11-21(26-2)12-10-17/h3-12,14-15H,13H2,1-2H3. The average Bonchev–Trinajstić information content (AvgIpc) is 3.32. The minimum Gasteiger partial charge on any atom is -0.497 e. The van der Waals surface area contributed by atoms with Crippen LogP contribution in [-0.2, 0) is 6.42 Å². The molecule has 1 aromatic heterocycles. The molecule has 0 fully saturated rings. The first-order chi connectivity index (χ1) is 13.2. The maximum Gasteiger partial charge on any atom is 0.138 e. The summed E-state index contributed by atoms with van der Waals surface area (Å²) in [7, 11) is 1.70. The summed E-state index contributed by atoms with van der Waals surface area (Å²) in [6.45, 7) is 2.17. The fourth-order valence-corrected chi connectivity index (χ4v) is 4.05. The maximum atomic E-state index is 5.95. The SMILES string of the molecule is COc1ccc(-c2c(C)ccc3c2C=C(c2occ4ccccc24)C3)cc1. The van der Waals surface area contributed by atoms with Crippen LogP contribution in [0.3, 0.4) is 0 Å². The molecule has 4 aromatic rings. The Morgan fingerprint density at radius 2 is 1.74 bits per heavy atom. The number of ether oxygens (including phenoxy) is 1. The van der Waals surface area contributed by atoms with Crippen LogP contribution in [0.4, 0.5) is 0 Å². The Labute approximate surface area is 158 Å². The van der Waals surface area contributed by atoms with E-state index in [0.717, 1.165) is 23.3 Å². The van der Waals surface area contributed by atoms with Crippen LogP contribution in [0.1, 0.15) is 22.5 Å². The van der Waals surface area contributed by atoms with Crippen LogP contribution in [0, 0.1) is 6.92 Å². The molecule has 5 rings (SSSR count). The number of allylic oxidation sites excluding steroid dienone is 1. The predicted molar refractivity (Wildman–Crippen MR) is 111 cm³/mol. The molecule has 0 atom stereocenters. The molecule has 0 aliphatic heterocycles. The highest BCUT2D eigenvalue weighted by molar-refractivity contribution is 6.00. The number of aryl methyl sites for hydroxylation is 1. The van der Waals surface area contributed by atoms with Crippen molar-refractivity contribution < 1.29 is 9.15 Å². The van der Waals surface area contributed by atoms with E-state index in [1.165, 1.54) is 38.8 Å². The molecular weight excluding hydrogens is 332 g/mol. The molecule has 2 nitrogen and oxygen atoms in total. The molecule has 0 saturated carbocycles. The van der Waals surface area contributed by atoms with Gasteiger partial charge in [-0.3, -0.25) is 0 Å². The van der Waals surface area contributed by atoms with Gasteiger partial charge in [-0.1, -0.05) is 48.5 Å². The second kappa shape index (κ2) is 6.17. The quantitative estimate of drug-likeness (QED) is 0.419. The Kier molecular flexibility index (Phi) is 3.64. The van der Waals surface area contributed by atoms with Crippen molar-refractivity contribution in [3.8, 4) is 16.9 Å². The number of furan rings is 1. The lowest BCUT2D eigenvalue weighted by atomic mass is 9.93. The van der Waals surface area contributed by atoms with E-state index in [-0.39, 0.29) is 0 Å². The van der Waals surface area contributed by atoms with Gasteiger partial charge in [0.15, 0.2) is 0 Å². The normalized spacial score (nSPS) is 12.9. The van der Waals surface area contributed by atoms with Crippen LogP contribution in [-0.4, -0.2) is 7.11 Å². The van der Waals surface area contributed by atoms with E-state index in [1.54, 1.807) is 7.11 Å². The molecule has 2 heteroatoms. The molecule has 1 aliphatic carbocycles. The summed E-state index contributed by atoms with van der Waals surface area (Å²) in [5.41, 5.74) is 7.68. The Morgan fingerprint density at radius 1 is 0.926 bits per heavy atom. The number of hydrogen-bond acceptors (Lipinski definition) is 2. The summed E-state index contributed by atoms with van der Waals surface area (Å²) in [6.07, 6.45) is 5.05. The molecule has 0 amide bonds. The van der Waals surface area contributed by atoms with Crippen molar-refractivity contribution in [3.63, 3.8) is 0 Å². The zero-order chi connectivity index (χ0) is 18.4. The highest BCUT2D eigenvalue weighted by atomic mass is 16.5. The van der Waals surface area contributed by atoms with Crippen LogP contribution in [0.2, 0.25) is 0 Å². The van der Waals surface area contributed by atoms with Gasteiger partial charge < -0.3 is 9.15 Å². The summed E-state index contributed by atoms with van der Waals surface area (Å²) in [4.78, 5) is 0. The molecule has 132 valence electrons. The van der Waals surface area contributed by atoms with Gasteiger partial charge in [-0.2, -0.15) is 0 Å². The zero-order valence-electron chi connectivity index (χ0n) is 15.5. The fourth-order valence-electron chi connectivity index (χ4n) is 4.05. The fraction of sp³-hybridized carbons (Fsp3) is 0.120. The Bertz CT molecular complexity index is 1180. The monoisotopic (exact) mass is 352 g/mol. The molecule has 0 spiro atoms. The highest BCUT2D eigenvalue weighted by Gasteiger charge is 2.22. The maximum absolute atomic E-state index is 5.95. The van der Waals surface area contributed by atoms with Crippen molar-refractivity contribution in [2.24, 2.45) is 0 Å². The average molecular weight is 352 g/mol. The molecule has 0 bridgehead atoms. The van der Waals surface area contributed by atoms with Crippen LogP contribution >= 0.6 is 0 Å². The van der Waals surface area contributed by atoms with Gasteiger partial charge >= 0.3 is 0 Å². The van der Waals surface area contributed by atoms with Gasteiger partial charge in [0, 0.05) is 22.8 Å². The molecule has 0 radical (unpaired) electrons. The predicted octanol–water partition coefficient (Wildman–Crippen LogP) is 6.51. The van der Waals surface area contributed by atoms with Crippen molar-refractivity contribution in [1.29, 1.82) is 0 Å². The molecule has 3 aromatic carbocycles. The first-order valence-electron chi connectivity index (χ1n) is 9.18. The van der Waals surface area contributed by atoms with E-state index in [1.807, 2.05) is 24.5 Å². The van der Waals surface area contributed by atoms with Gasteiger partial charge in [0.2, 0.25) is 0 Å². The van der Waals surface area contributed by atoms with E-state index >= 15 is 0 Å². The second-order valence-electron chi connectivity index (χ2n) is 7.06. The number of hydrogen-bond donors (Lipinski definition) is 0. The van der Waals surface area contributed by atoms with Crippen LogP contribution in [0.15, 0.2) is 71.3 Å². The lowest BCUT2D eigenvalue weighted by Crippen LogP contribution is -1.92. The van der Waals surface area contributed by atoms with Gasteiger partial charge in [-0.25, -0.2) is 0 Å². The third-order valence-electron chi connectivity index (χ3n) is 5.42. The van der Waals surface area contributed by atoms with Crippen LogP contribution in [0.5, 0.6) is 5.75 Å². The van der Waals surface area contributed by atoms with Crippen LogP contribution < -0.4 is 4.74 Å².